The van der Waals surface area contributed by atoms with E-state index in [2.05, 4.69) is 6.07 Å². The zero-order chi connectivity index (χ0) is 25.0. The second-order valence-corrected chi connectivity index (χ2v) is 8.85. The summed E-state index contributed by atoms with van der Waals surface area (Å²) in [5, 5.41) is 10.6. The molecule has 0 spiro atoms. The van der Waals surface area contributed by atoms with Crippen molar-refractivity contribution in [3.63, 3.8) is 0 Å². The Kier molecular flexibility index (Phi) is 4.87. The summed E-state index contributed by atoms with van der Waals surface area (Å²) in [7, 11) is 3.01. The molecule has 178 valence electrons. The maximum absolute atomic E-state index is 15.4. The average molecular weight is 480 g/mol. The molecule has 0 N–H and O–H groups in total. The fourth-order valence-corrected chi connectivity index (χ4v) is 5.54. The lowest BCUT2D eigenvalue weighted by Gasteiger charge is -2.41. The van der Waals surface area contributed by atoms with Crippen molar-refractivity contribution >= 4 is 22.6 Å². The van der Waals surface area contributed by atoms with E-state index in [0.29, 0.717) is 11.1 Å². The molecule has 2 aliphatic heterocycles. The van der Waals surface area contributed by atoms with Crippen LogP contribution in [0.15, 0.2) is 84.4 Å². The molecule has 3 aromatic carbocycles. The van der Waals surface area contributed by atoms with Crippen LogP contribution in [0.2, 0.25) is 0 Å². The van der Waals surface area contributed by atoms with Gasteiger partial charge in [-0.05, 0) is 17.7 Å². The van der Waals surface area contributed by atoms with Crippen molar-refractivity contribution in [1.82, 2.24) is 4.57 Å². The molecular formula is C29H21FN2O4. The number of carbonyl (C=O) groups is 1. The standard InChI is InChI=1S/C29H21FN2O4/c1-32-21-15-9-14-20(30)22(21)24-27(32)35-26(18-12-7-4-8-13-18)23-19(16-31)25(17-10-5-3-6-11-17)36-29(23,24)28(33)34-2/h3-15,23,26H,1-2H3/t23-,26-,29-/m1/s1. The van der Waals surface area contributed by atoms with Crippen molar-refractivity contribution in [3.05, 3.63) is 107 Å². The SMILES string of the molecule is COC(=O)[C@@]12OC(c3ccccc3)=C(C#N)[C@@H]1[C@@H](c1ccccc1)Oc1c2c2c(F)cccc2n1C. The van der Waals surface area contributed by atoms with Gasteiger partial charge in [-0.2, -0.15) is 5.26 Å². The molecule has 3 atom stereocenters. The molecule has 6 rings (SSSR count). The minimum absolute atomic E-state index is 0.198. The summed E-state index contributed by atoms with van der Waals surface area (Å²) in [5.41, 5.74) is 0.519. The largest absolute Gasteiger partial charge is 0.469 e. The van der Waals surface area contributed by atoms with Gasteiger partial charge in [-0.15, -0.1) is 0 Å². The Hall–Kier alpha value is -4.57. The number of nitriles is 1. The maximum atomic E-state index is 15.4. The quantitative estimate of drug-likeness (QED) is 0.367. The molecule has 0 saturated carbocycles. The van der Waals surface area contributed by atoms with Crippen LogP contribution in [-0.4, -0.2) is 17.6 Å². The monoisotopic (exact) mass is 480 g/mol. The molecule has 36 heavy (non-hydrogen) atoms. The van der Waals surface area contributed by atoms with Crippen molar-refractivity contribution in [3.8, 4) is 11.9 Å². The fraction of sp³-hybridized carbons (Fsp3) is 0.172. The number of aryl methyl sites for hydroxylation is 1. The number of fused-ring (bicyclic) bond motifs is 5. The summed E-state index contributed by atoms with van der Waals surface area (Å²) in [6.45, 7) is 0. The van der Waals surface area contributed by atoms with Gasteiger partial charge in [0, 0.05) is 18.0 Å². The first-order valence-electron chi connectivity index (χ1n) is 11.5. The third-order valence-electron chi connectivity index (χ3n) is 7.06. The van der Waals surface area contributed by atoms with E-state index in [9.17, 15) is 10.1 Å². The van der Waals surface area contributed by atoms with E-state index >= 15 is 4.39 Å². The van der Waals surface area contributed by atoms with Crippen molar-refractivity contribution in [1.29, 1.82) is 5.26 Å². The highest BCUT2D eigenvalue weighted by Crippen LogP contribution is 2.62. The number of hydrogen-bond acceptors (Lipinski definition) is 5. The summed E-state index contributed by atoms with van der Waals surface area (Å²) >= 11 is 0. The number of hydrogen-bond donors (Lipinski definition) is 0. The van der Waals surface area contributed by atoms with Gasteiger partial charge in [0.05, 0.1) is 35.8 Å². The first-order chi connectivity index (χ1) is 17.5. The van der Waals surface area contributed by atoms with Crippen LogP contribution in [0.3, 0.4) is 0 Å². The van der Waals surface area contributed by atoms with E-state index in [1.54, 1.807) is 35.9 Å². The lowest BCUT2D eigenvalue weighted by molar-refractivity contribution is -0.171. The molecule has 3 heterocycles. The smallest absolute Gasteiger partial charge is 0.356 e. The highest BCUT2D eigenvalue weighted by Gasteiger charge is 2.66. The molecule has 0 unspecified atom stereocenters. The molecule has 2 aliphatic rings. The van der Waals surface area contributed by atoms with Crippen LogP contribution in [0, 0.1) is 23.1 Å². The third-order valence-corrected chi connectivity index (χ3v) is 7.06. The van der Waals surface area contributed by atoms with E-state index in [-0.39, 0.29) is 28.2 Å². The number of benzene rings is 3. The molecule has 0 aliphatic carbocycles. The zero-order valence-electron chi connectivity index (χ0n) is 19.6. The lowest BCUT2D eigenvalue weighted by atomic mass is 9.72. The lowest BCUT2D eigenvalue weighted by Crippen LogP contribution is -2.49. The molecular weight excluding hydrogens is 459 g/mol. The van der Waals surface area contributed by atoms with E-state index in [0.717, 1.165) is 5.56 Å². The Bertz CT molecular complexity index is 1590. The second kappa shape index (κ2) is 7.99. The summed E-state index contributed by atoms with van der Waals surface area (Å²) in [5.74, 6) is -1.64. The number of ether oxygens (including phenoxy) is 3. The summed E-state index contributed by atoms with van der Waals surface area (Å²) < 4.78 is 35.6. The number of carbonyl (C=O) groups excluding carboxylic acids is 1. The second-order valence-electron chi connectivity index (χ2n) is 8.85. The van der Waals surface area contributed by atoms with Crippen molar-refractivity contribution in [2.75, 3.05) is 7.11 Å². The van der Waals surface area contributed by atoms with Gasteiger partial charge in [0.25, 0.3) is 0 Å². The van der Waals surface area contributed by atoms with Crippen LogP contribution in [0.25, 0.3) is 16.7 Å². The normalized spacial score (nSPS) is 22.3. The molecule has 1 aromatic heterocycles. The van der Waals surface area contributed by atoms with Gasteiger partial charge in [-0.1, -0.05) is 66.7 Å². The predicted molar refractivity (Wildman–Crippen MR) is 130 cm³/mol. The topological polar surface area (TPSA) is 73.5 Å². The van der Waals surface area contributed by atoms with Crippen molar-refractivity contribution in [2.45, 2.75) is 11.7 Å². The van der Waals surface area contributed by atoms with Crippen LogP contribution in [0.1, 0.15) is 22.8 Å². The summed E-state index contributed by atoms with van der Waals surface area (Å²) in [6.07, 6.45) is -0.778. The van der Waals surface area contributed by atoms with Crippen LogP contribution in [-0.2, 0) is 26.9 Å². The number of aromatic nitrogens is 1. The number of esters is 1. The third kappa shape index (κ3) is 2.78. The first kappa shape index (κ1) is 21.9. The van der Waals surface area contributed by atoms with Gasteiger partial charge >= 0.3 is 5.97 Å². The van der Waals surface area contributed by atoms with Gasteiger partial charge < -0.3 is 18.8 Å². The highest BCUT2D eigenvalue weighted by atomic mass is 19.1. The Morgan fingerprint density at radius 1 is 1.06 bits per heavy atom. The number of nitrogens with zero attached hydrogens (tertiary/aromatic N) is 2. The van der Waals surface area contributed by atoms with Gasteiger partial charge in [-0.25, -0.2) is 9.18 Å². The van der Waals surface area contributed by atoms with E-state index in [1.165, 1.54) is 13.2 Å². The Morgan fingerprint density at radius 2 is 1.75 bits per heavy atom. The molecule has 0 radical (unpaired) electrons. The fourth-order valence-electron chi connectivity index (χ4n) is 5.54. The van der Waals surface area contributed by atoms with Gasteiger partial charge in [0.1, 0.15) is 17.7 Å². The Morgan fingerprint density at radius 3 is 2.42 bits per heavy atom. The van der Waals surface area contributed by atoms with Gasteiger partial charge in [0.15, 0.2) is 0 Å². The molecule has 7 heteroatoms. The summed E-state index contributed by atoms with van der Waals surface area (Å²) in [4.78, 5) is 13.8. The van der Waals surface area contributed by atoms with Crippen LogP contribution < -0.4 is 4.74 Å². The molecule has 0 saturated heterocycles. The Labute approximate surface area is 206 Å². The van der Waals surface area contributed by atoms with Crippen LogP contribution in [0.4, 0.5) is 4.39 Å². The van der Waals surface area contributed by atoms with Gasteiger partial charge in [-0.3, -0.25) is 0 Å². The molecule has 0 amide bonds. The van der Waals surface area contributed by atoms with Crippen molar-refractivity contribution < 1.29 is 23.4 Å². The summed E-state index contributed by atoms with van der Waals surface area (Å²) in [6, 6.07) is 25.4. The van der Waals surface area contributed by atoms with E-state index in [1.807, 2.05) is 48.5 Å². The number of halogens is 1. The first-order valence-corrected chi connectivity index (χ1v) is 11.5. The molecule has 0 bridgehead atoms. The maximum Gasteiger partial charge on any atom is 0.356 e. The van der Waals surface area contributed by atoms with Crippen LogP contribution in [0.5, 0.6) is 5.88 Å². The average Bonchev–Trinajstić information content (AvgIpc) is 3.43. The Balaban J connectivity index is 1.75. The molecule has 4 aromatic rings. The van der Waals surface area contributed by atoms with E-state index in [4.69, 9.17) is 14.2 Å². The minimum Gasteiger partial charge on any atom is -0.469 e. The molecule has 6 nitrogen and oxygen atoms in total. The zero-order valence-corrected chi connectivity index (χ0v) is 19.6. The van der Waals surface area contributed by atoms with Crippen LogP contribution >= 0.6 is 0 Å². The number of methoxy groups -OCH3 is 1. The molecule has 0 fully saturated rings. The van der Waals surface area contributed by atoms with Crippen molar-refractivity contribution in [2.24, 2.45) is 13.0 Å². The van der Waals surface area contributed by atoms with E-state index < -0.39 is 29.4 Å². The van der Waals surface area contributed by atoms with Gasteiger partial charge in [0.2, 0.25) is 11.5 Å². The number of rotatable bonds is 3. The highest BCUT2D eigenvalue weighted by molar-refractivity contribution is 5.98. The minimum atomic E-state index is -1.85. The predicted octanol–water partition coefficient (Wildman–Crippen LogP) is 5.40.